The average molecular weight is 514 g/mol. The van der Waals surface area contributed by atoms with Gasteiger partial charge in [0.2, 0.25) is 5.91 Å². The fraction of sp³-hybridized carbons (Fsp3) is 0.444. The highest BCUT2D eigenvalue weighted by Gasteiger charge is 2.51. The number of rotatable bonds is 9. The number of nitrogens with zero attached hydrogens (tertiary/aromatic N) is 1. The second-order valence-corrected chi connectivity index (χ2v) is 9.40. The zero-order valence-electron chi connectivity index (χ0n) is 21.3. The molecule has 9 nitrogen and oxygen atoms in total. The van der Waals surface area contributed by atoms with E-state index in [-0.39, 0.29) is 23.3 Å². The fourth-order valence-electron chi connectivity index (χ4n) is 4.63. The minimum absolute atomic E-state index is 0.0585. The van der Waals surface area contributed by atoms with Gasteiger partial charge in [0.05, 0.1) is 27.0 Å². The Balaban J connectivity index is 1.31. The number of carbonyl (C=O) groups is 3. The van der Waals surface area contributed by atoms with Crippen LogP contribution >= 0.6 is 0 Å². The Morgan fingerprint density at radius 1 is 1.03 bits per heavy atom. The van der Waals surface area contributed by atoms with Crippen LogP contribution in [0.2, 0.25) is 0 Å². The van der Waals surface area contributed by atoms with Crippen molar-refractivity contribution in [2.45, 2.75) is 31.2 Å². The van der Waals surface area contributed by atoms with Gasteiger partial charge in [0.25, 0.3) is 5.91 Å². The second-order valence-electron chi connectivity index (χ2n) is 9.40. The number of carbonyl (C=O) groups excluding carboxylic acids is 3. The number of methoxy groups -OCH3 is 3. The summed E-state index contributed by atoms with van der Waals surface area (Å²) in [6.07, 6.45) is 2.67. The van der Waals surface area contributed by atoms with Gasteiger partial charge in [-0.3, -0.25) is 9.59 Å². The van der Waals surface area contributed by atoms with Crippen molar-refractivity contribution in [3.8, 4) is 11.5 Å². The van der Waals surface area contributed by atoms with E-state index in [1.807, 2.05) is 4.90 Å². The third kappa shape index (κ3) is 5.79. The van der Waals surface area contributed by atoms with Crippen LogP contribution in [-0.4, -0.2) is 64.3 Å². The topological polar surface area (TPSA) is 106 Å². The number of anilines is 1. The highest BCUT2D eigenvalue weighted by atomic mass is 19.1. The minimum atomic E-state index is -0.912. The van der Waals surface area contributed by atoms with Gasteiger partial charge in [-0.15, -0.1) is 0 Å². The van der Waals surface area contributed by atoms with Crippen LogP contribution in [0.3, 0.4) is 0 Å². The molecule has 10 heteroatoms. The molecule has 0 bridgehead atoms. The van der Waals surface area contributed by atoms with Crippen molar-refractivity contribution >= 4 is 23.5 Å². The molecule has 198 valence electrons. The van der Waals surface area contributed by atoms with Crippen molar-refractivity contribution in [3.05, 3.63) is 53.3 Å². The molecule has 1 saturated heterocycles. The third-order valence-corrected chi connectivity index (χ3v) is 7.04. The summed E-state index contributed by atoms with van der Waals surface area (Å²) in [4.78, 5) is 39.9. The summed E-state index contributed by atoms with van der Waals surface area (Å²) in [6.45, 7) is 1.71. The summed E-state index contributed by atoms with van der Waals surface area (Å²) in [5, 5.41) is 5.88. The molecule has 2 aromatic rings. The summed E-state index contributed by atoms with van der Waals surface area (Å²) in [5.41, 5.74) is -0.100. The van der Waals surface area contributed by atoms with E-state index in [0.717, 1.165) is 12.8 Å². The number of esters is 1. The lowest BCUT2D eigenvalue weighted by Crippen LogP contribution is -2.50. The standard InChI is InChI=1S/C27H32FN3O6/c1-35-19-13-18(14-20(15-19)36-2)24(32)30-27(9-10-27)26(34)29-16-17-7-11-31(12-8-17)22-6-4-5-21(28)23(22)25(33)37-3/h4-6,13-15,17H,7-12,16H2,1-3H3,(H,29,34)(H,30,32). The Bertz CT molecular complexity index is 1150. The van der Waals surface area contributed by atoms with E-state index in [9.17, 15) is 18.8 Å². The van der Waals surface area contributed by atoms with Crippen LogP contribution in [0.4, 0.5) is 10.1 Å². The van der Waals surface area contributed by atoms with E-state index in [1.54, 1.807) is 30.3 Å². The van der Waals surface area contributed by atoms with Crippen molar-refractivity contribution in [1.29, 1.82) is 0 Å². The van der Waals surface area contributed by atoms with E-state index >= 15 is 0 Å². The van der Waals surface area contributed by atoms with Crippen LogP contribution < -0.4 is 25.0 Å². The predicted molar refractivity (Wildman–Crippen MR) is 135 cm³/mol. The first-order valence-electron chi connectivity index (χ1n) is 12.3. The zero-order chi connectivity index (χ0) is 26.6. The Kier molecular flexibility index (Phi) is 7.85. The summed E-state index contributed by atoms with van der Waals surface area (Å²) >= 11 is 0. The predicted octanol–water partition coefficient (Wildman–Crippen LogP) is 2.92. The second kappa shape index (κ2) is 11.1. The number of benzene rings is 2. The van der Waals surface area contributed by atoms with E-state index in [2.05, 4.69) is 10.6 Å². The molecular weight excluding hydrogens is 481 g/mol. The number of amides is 2. The Labute approximate surface area is 215 Å². The third-order valence-electron chi connectivity index (χ3n) is 7.04. The molecule has 0 spiro atoms. The van der Waals surface area contributed by atoms with Crippen molar-refractivity contribution < 1.29 is 33.0 Å². The van der Waals surface area contributed by atoms with Crippen molar-refractivity contribution in [3.63, 3.8) is 0 Å². The van der Waals surface area contributed by atoms with E-state index < -0.39 is 17.3 Å². The molecule has 1 aliphatic heterocycles. The van der Waals surface area contributed by atoms with Crippen LogP contribution in [-0.2, 0) is 9.53 Å². The maximum atomic E-state index is 14.3. The van der Waals surface area contributed by atoms with Crippen LogP contribution in [0.1, 0.15) is 46.4 Å². The highest BCUT2D eigenvalue weighted by Crippen LogP contribution is 2.36. The molecule has 0 radical (unpaired) electrons. The molecule has 37 heavy (non-hydrogen) atoms. The molecule has 4 rings (SSSR count). The maximum Gasteiger partial charge on any atom is 0.342 e. The number of hydrogen-bond donors (Lipinski definition) is 2. The maximum absolute atomic E-state index is 14.3. The molecule has 1 heterocycles. The Morgan fingerprint density at radius 2 is 1.68 bits per heavy atom. The quantitative estimate of drug-likeness (QED) is 0.497. The molecule has 2 aliphatic rings. The van der Waals surface area contributed by atoms with Crippen LogP contribution in [0, 0.1) is 11.7 Å². The summed E-state index contributed by atoms with van der Waals surface area (Å²) in [5.74, 6) is -0.672. The molecule has 0 aromatic heterocycles. The van der Waals surface area contributed by atoms with Gasteiger partial charge in [-0.25, -0.2) is 9.18 Å². The first-order valence-corrected chi connectivity index (χ1v) is 12.3. The lowest BCUT2D eigenvalue weighted by Gasteiger charge is -2.34. The van der Waals surface area contributed by atoms with Crippen LogP contribution in [0.15, 0.2) is 36.4 Å². The van der Waals surface area contributed by atoms with Gasteiger partial charge >= 0.3 is 5.97 Å². The molecule has 0 atom stereocenters. The minimum Gasteiger partial charge on any atom is -0.497 e. The summed E-state index contributed by atoms with van der Waals surface area (Å²) in [6, 6.07) is 9.42. The van der Waals surface area contributed by atoms with Crippen molar-refractivity contribution in [1.82, 2.24) is 10.6 Å². The van der Waals surface area contributed by atoms with Crippen LogP contribution in [0.25, 0.3) is 0 Å². The van der Waals surface area contributed by atoms with Gasteiger partial charge in [0.15, 0.2) is 0 Å². The van der Waals surface area contributed by atoms with Gasteiger partial charge in [-0.1, -0.05) is 6.07 Å². The van der Waals surface area contributed by atoms with Gasteiger partial charge in [0.1, 0.15) is 28.4 Å². The van der Waals surface area contributed by atoms with Gasteiger partial charge < -0.3 is 29.7 Å². The number of piperidine rings is 1. The highest BCUT2D eigenvalue weighted by molar-refractivity contribution is 6.01. The zero-order valence-corrected chi connectivity index (χ0v) is 21.3. The van der Waals surface area contributed by atoms with Crippen molar-refractivity contribution in [2.75, 3.05) is 45.9 Å². The summed E-state index contributed by atoms with van der Waals surface area (Å²) < 4.78 is 29.5. The largest absolute Gasteiger partial charge is 0.497 e. The average Bonchev–Trinajstić information content (AvgIpc) is 3.71. The number of ether oxygens (including phenoxy) is 3. The molecule has 1 saturated carbocycles. The molecule has 2 fully saturated rings. The molecule has 2 aromatic carbocycles. The fourth-order valence-corrected chi connectivity index (χ4v) is 4.63. The number of halogens is 1. The molecule has 0 unspecified atom stereocenters. The SMILES string of the molecule is COC(=O)c1c(F)cccc1N1CCC(CNC(=O)C2(NC(=O)c3cc(OC)cc(OC)c3)CC2)CC1. The number of nitrogens with one attached hydrogen (secondary N) is 2. The van der Waals surface area contributed by atoms with E-state index in [0.29, 0.717) is 55.2 Å². The number of hydrogen-bond acceptors (Lipinski definition) is 7. The Hall–Kier alpha value is -3.82. The lowest BCUT2D eigenvalue weighted by molar-refractivity contribution is -0.124. The molecular formula is C27H32FN3O6. The Morgan fingerprint density at radius 3 is 2.24 bits per heavy atom. The van der Waals surface area contributed by atoms with E-state index in [1.165, 1.54) is 27.4 Å². The molecule has 2 amide bonds. The van der Waals surface area contributed by atoms with Gasteiger partial charge in [0, 0.05) is 31.3 Å². The smallest absolute Gasteiger partial charge is 0.342 e. The molecule has 2 N–H and O–H groups in total. The first kappa shape index (κ1) is 26.2. The van der Waals surface area contributed by atoms with E-state index in [4.69, 9.17) is 14.2 Å². The van der Waals surface area contributed by atoms with Gasteiger partial charge in [-0.05, 0) is 55.9 Å². The normalized spacial score (nSPS) is 16.5. The lowest BCUT2D eigenvalue weighted by atomic mass is 9.95. The van der Waals surface area contributed by atoms with Crippen LogP contribution in [0.5, 0.6) is 11.5 Å². The summed E-state index contributed by atoms with van der Waals surface area (Å²) in [7, 11) is 4.25. The van der Waals surface area contributed by atoms with Crippen molar-refractivity contribution in [2.24, 2.45) is 5.92 Å². The van der Waals surface area contributed by atoms with Gasteiger partial charge in [-0.2, -0.15) is 0 Å². The first-order chi connectivity index (χ1) is 17.8. The molecule has 1 aliphatic carbocycles. The monoisotopic (exact) mass is 513 g/mol.